The zero-order valence-electron chi connectivity index (χ0n) is 11.5. The number of carboxylic acids is 1. The van der Waals surface area contributed by atoms with Crippen molar-refractivity contribution in [2.24, 2.45) is 0 Å². The number of hydrogen-bond donors (Lipinski definition) is 1. The lowest BCUT2D eigenvalue weighted by molar-refractivity contribution is -0.137. The third kappa shape index (κ3) is 3.18. The highest BCUT2D eigenvalue weighted by Crippen LogP contribution is 2.19. The fraction of sp³-hybridized carbons (Fsp3) is 0.188. The molecule has 0 aliphatic rings. The molecular weight excluding hydrogens is 268 g/mol. The van der Waals surface area contributed by atoms with Crippen molar-refractivity contribution >= 4 is 22.8 Å². The van der Waals surface area contributed by atoms with E-state index in [0.717, 1.165) is 4.90 Å². The van der Waals surface area contributed by atoms with E-state index in [9.17, 15) is 9.59 Å². The molecule has 1 aromatic carbocycles. The molecule has 5 nitrogen and oxygen atoms in total. The predicted molar refractivity (Wildman–Crippen MR) is 78.9 cm³/mol. The highest BCUT2D eigenvalue weighted by Gasteiger charge is 2.20. The van der Waals surface area contributed by atoms with Crippen molar-refractivity contribution in [1.29, 1.82) is 0 Å². The number of aliphatic carboxylic acids is 1. The van der Waals surface area contributed by atoms with Gasteiger partial charge < -0.3 is 10.0 Å². The summed E-state index contributed by atoms with van der Waals surface area (Å²) in [7, 11) is 0. The molecule has 1 heterocycles. The molecule has 0 fully saturated rings. The average molecular weight is 282 g/mol. The van der Waals surface area contributed by atoms with Gasteiger partial charge in [-0.25, -0.2) is 0 Å². The Morgan fingerprint density at radius 1 is 1.38 bits per heavy atom. The van der Waals surface area contributed by atoms with Crippen molar-refractivity contribution in [3.05, 3.63) is 41.6 Å². The Balaban J connectivity index is 2.51. The highest BCUT2D eigenvalue weighted by atomic mass is 16.4. The molecule has 1 amide bonds. The van der Waals surface area contributed by atoms with Gasteiger partial charge in [-0.05, 0) is 19.1 Å². The van der Waals surface area contributed by atoms with Crippen molar-refractivity contribution in [1.82, 2.24) is 9.88 Å². The lowest BCUT2D eigenvalue weighted by Crippen LogP contribution is -2.36. The van der Waals surface area contributed by atoms with E-state index < -0.39 is 18.4 Å². The molecule has 0 aliphatic heterocycles. The summed E-state index contributed by atoms with van der Waals surface area (Å²) in [5.74, 6) is 0.804. The molecular formula is C16H14N2O3. The van der Waals surface area contributed by atoms with Gasteiger partial charge >= 0.3 is 5.97 Å². The summed E-state index contributed by atoms with van der Waals surface area (Å²) in [5, 5.41) is 9.58. The fourth-order valence-electron chi connectivity index (χ4n) is 2.13. The summed E-state index contributed by atoms with van der Waals surface area (Å²) in [6.45, 7) is 1.30. The number of fused-ring (bicyclic) bond motifs is 1. The summed E-state index contributed by atoms with van der Waals surface area (Å²) in [4.78, 5) is 28.9. The normalized spacial score (nSPS) is 10.1. The number of pyridine rings is 1. The van der Waals surface area contributed by atoms with Crippen LogP contribution in [0.1, 0.15) is 16.1 Å². The van der Waals surface area contributed by atoms with Crippen molar-refractivity contribution in [3.8, 4) is 12.3 Å². The topological polar surface area (TPSA) is 70.5 Å². The molecule has 1 N–H and O–H groups in total. The first-order chi connectivity index (χ1) is 10.0. The predicted octanol–water partition coefficient (Wildman–Crippen LogP) is 1.70. The van der Waals surface area contributed by atoms with Gasteiger partial charge in [-0.1, -0.05) is 24.1 Å². The maximum Gasteiger partial charge on any atom is 0.323 e. The number of benzene rings is 1. The van der Waals surface area contributed by atoms with E-state index in [2.05, 4.69) is 10.9 Å². The van der Waals surface area contributed by atoms with Crippen LogP contribution in [-0.2, 0) is 4.79 Å². The standard InChI is InChI=1S/C16H14N2O3/c1-3-8-18(10-15(19)20)16(21)13-9-11(2)17-14-7-5-4-6-12(13)14/h1,4-7,9H,8,10H2,2H3,(H,19,20). The fourth-order valence-corrected chi connectivity index (χ4v) is 2.13. The van der Waals surface area contributed by atoms with Gasteiger partial charge in [0.1, 0.15) is 6.54 Å². The molecule has 2 rings (SSSR count). The molecule has 0 saturated heterocycles. The summed E-state index contributed by atoms with van der Waals surface area (Å²) < 4.78 is 0. The van der Waals surface area contributed by atoms with Crippen LogP contribution in [0.3, 0.4) is 0 Å². The molecule has 0 saturated carbocycles. The molecule has 0 bridgehead atoms. The Morgan fingerprint density at radius 3 is 2.76 bits per heavy atom. The van der Waals surface area contributed by atoms with Crippen LogP contribution >= 0.6 is 0 Å². The molecule has 0 aliphatic carbocycles. The van der Waals surface area contributed by atoms with E-state index in [1.54, 1.807) is 25.1 Å². The Hall–Kier alpha value is -2.87. The monoisotopic (exact) mass is 282 g/mol. The second-order valence-corrected chi connectivity index (χ2v) is 4.59. The summed E-state index contributed by atoms with van der Waals surface area (Å²) in [5.41, 5.74) is 1.79. The number of aryl methyl sites for hydroxylation is 1. The number of nitrogens with zero attached hydrogens (tertiary/aromatic N) is 2. The van der Waals surface area contributed by atoms with Gasteiger partial charge in [0, 0.05) is 11.1 Å². The van der Waals surface area contributed by atoms with Crippen molar-refractivity contribution < 1.29 is 14.7 Å². The minimum atomic E-state index is -1.10. The lowest BCUT2D eigenvalue weighted by atomic mass is 10.1. The van der Waals surface area contributed by atoms with Crippen LogP contribution < -0.4 is 0 Å². The van der Waals surface area contributed by atoms with Crippen molar-refractivity contribution in [2.75, 3.05) is 13.1 Å². The SMILES string of the molecule is C#CCN(CC(=O)O)C(=O)c1cc(C)nc2ccccc12. The Bertz CT molecular complexity index is 747. The Labute approximate surface area is 122 Å². The summed E-state index contributed by atoms with van der Waals surface area (Å²) >= 11 is 0. The van der Waals surface area contributed by atoms with Crippen LogP contribution in [0.15, 0.2) is 30.3 Å². The zero-order valence-corrected chi connectivity index (χ0v) is 11.5. The Morgan fingerprint density at radius 2 is 2.10 bits per heavy atom. The molecule has 0 unspecified atom stereocenters. The third-order valence-corrected chi connectivity index (χ3v) is 2.97. The number of para-hydroxylation sites is 1. The van der Waals surface area contributed by atoms with Gasteiger partial charge in [-0.2, -0.15) is 0 Å². The number of carbonyl (C=O) groups is 2. The number of terminal acetylenes is 1. The average Bonchev–Trinajstić information content (AvgIpc) is 2.44. The second-order valence-electron chi connectivity index (χ2n) is 4.59. The number of carbonyl (C=O) groups excluding carboxylic acids is 1. The van der Waals surface area contributed by atoms with Crippen LogP contribution in [0.25, 0.3) is 10.9 Å². The van der Waals surface area contributed by atoms with Crippen LogP contribution in [-0.4, -0.2) is 40.0 Å². The molecule has 106 valence electrons. The molecule has 0 spiro atoms. The minimum absolute atomic E-state index is 0.0547. The zero-order chi connectivity index (χ0) is 15.4. The van der Waals surface area contributed by atoms with Gasteiger partial charge in [-0.15, -0.1) is 6.42 Å². The summed E-state index contributed by atoms with van der Waals surface area (Å²) in [6, 6.07) is 8.88. The van der Waals surface area contributed by atoms with E-state index in [1.807, 2.05) is 12.1 Å². The molecule has 5 heteroatoms. The van der Waals surface area contributed by atoms with Crippen LogP contribution in [0.5, 0.6) is 0 Å². The smallest absolute Gasteiger partial charge is 0.323 e. The van der Waals surface area contributed by atoms with Crippen molar-refractivity contribution in [3.63, 3.8) is 0 Å². The molecule has 21 heavy (non-hydrogen) atoms. The largest absolute Gasteiger partial charge is 0.480 e. The van der Waals surface area contributed by atoms with Crippen molar-refractivity contribution in [2.45, 2.75) is 6.92 Å². The minimum Gasteiger partial charge on any atom is -0.480 e. The quantitative estimate of drug-likeness (QED) is 0.867. The summed E-state index contributed by atoms with van der Waals surface area (Å²) in [6.07, 6.45) is 5.21. The molecule has 2 aromatic rings. The second kappa shape index (κ2) is 6.06. The van der Waals surface area contributed by atoms with Crippen LogP contribution in [0.2, 0.25) is 0 Å². The van der Waals surface area contributed by atoms with Gasteiger partial charge in [0.2, 0.25) is 0 Å². The van der Waals surface area contributed by atoms with E-state index in [4.69, 9.17) is 11.5 Å². The van der Waals surface area contributed by atoms with E-state index in [1.165, 1.54) is 0 Å². The number of rotatable bonds is 4. The first-order valence-corrected chi connectivity index (χ1v) is 6.34. The molecule has 1 aromatic heterocycles. The number of hydrogen-bond acceptors (Lipinski definition) is 3. The number of carboxylic acid groups (broad SMARTS) is 1. The lowest BCUT2D eigenvalue weighted by Gasteiger charge is -2.19. The van der Waals surface area contributed by atoms with E-state index in [0.29, 0.717) is 22.2 Å². The third-order valence-electron chi connectivity index (χ3n) is 2.97. The first-order valence-electron chi connectivity index (χ1n) is 6.34. The highest BCUT2D eigenvalue weighted by molar-refractivity contribution is 6.06. The van der Waals surface area contributed by atoms with Crippen LogP contribution in [0, 0.1) is 19.3 Å². The van der Waals surface area contributed by atoms with Gasteiger partial charge in [0.05, 0.1) is 17.6 Å². The Kier molecular flexibility index (Phi) is 4.19. The van der Waals surface area contributed by atoms with Gasteiger partial charge in [0.15, 0.2) is 0 Å². The van der Waals surface area contributed by atoms with E-state index >= 15 is 0 Å². The maximum atomic E-state index is 12.6. The van der Waals surface area contributed by atoms with Gasteiger partial charge in [-0.3, -0.25) is 14.6 Å². The first kappa shape index (κ1) is 14.5. The molecule has 0 atom stereocenters. The van der Waals surface area contributed by atoms with E-state index in [-0.39, 0.29) is 6.54 Å². The molecule has 0 radical (unpaired) electrons. The van der Waals surface area contributed by atoms with Gasteiger partial charge in [0.25, 0.3) is 5.91 Å². The maximum absolute atomic E-state index is 12.6. The van der Waals surface area contributed by atoms with Crippen LogP contribution in [0.4, 0.5) is 0 Å². The number of amides is 1. The number of aromatic nitrogens is 1.